The molecule has 0 aliphatic heterocycles. The van der Waals surface area contributed by atoms with Crippen LogP contribution in [-0.2, 0) is 6.42 Å². The smallest absolute Gasteiger partial charge is 0.258 e. The second kappa shape index (κ2) is 7.90. The molecule has 0 unspecified atom stereocenters. The lowest BCUT2D eigenvalue weighted by Gasteiger charge is -2.12. The third kappa shape index (κ3) is 3.62. The van der Waals surface area contributed by atoms with Gasteiger partial charge in [-0.25, -0.2) is 4.39 Å². The van der Waals surface area contributed by atoms with E-state index in [2.05, 4.69) is 15.5 Å². The number of carbonyl (C=O) groups is 1. The van der Waals surface area contributed by atoms with E-state index in [1.807, 2.05) is 6.92 Å². The van der Waals surface area contributed by atoms with Gasteiger partial charge in [-0.1, -0.05) is 19.1 Å². The number of hydrogen-bond donors (Lipinski definition) is 2. The van der Waals surface area contributed by atoms with Crippen molar-refractivity contribution < 1.29 is 18.7 Å². The molecule has 0 fully saturated rings. The zero-order chi connectivity index (χ0) is 19.4. The van der Waals surface area contributed by atoms with Crippen LogP contribution in [0.5, 0.6) is 11.5 Å². The van der Waals surface area contributed by atoms with Gasteiger partial charge in [-0.05, 0) is 30.7 Å². The van der Waals surface area contributed by atoms with Crippen LogP contribution in [0, 0.1) is 5.82 Å². The van der Waals surface area contributed by atoms with Gasteiger partial charge >= 0.3 is 0 Å². The first-order valence-electron chi connectivity index (χ1n) is 8.44. The van der Waals surface area contributed by atoms with E-state index in [-0.39, 0.29) is 5.56 Å². The number of rotatable bonds is 6. The SMILES string of the molecule is CCc1[nH]nc(-c2ccc(OC)cc2OC)c1NC(=O)c1ccccc1F. The number of hydrogen-bond acceptors (Lipinski definition) is 4. The fourth-order valence-electron chi connectivity index (χ4n) is 2.78. The Bertz CT molecular complexity index is 969. The van der Waals surface area contributed by atoms with Crippen LogP contribution < -0.4 is 14.8 Å². The Balaban J connectivity index is 2.04. The van der Waals surface area contributed by atoms with E-state index in [1.54, 1.807) is 38.5 Å². The van der Waals surface area contributed by atoms with Crippen LogP contribution in [0.2, 0.25) is 0 Å². The van der Waals surface area contributed by atoms with Gasteiger partial charge < -0.3 is 14.8 Å². The first-order valence-corrected chi connectivity index (χ1v) is 8.44. The number of halogens is 1. The number of benzene rings is 2. The molecule has 0 radical (unpaired) electrons. The van der Waals surface area contributed by atoms with Gasteiger partial charge in [-0.2, -0.15) is 5.10 Å². The summed E-state index contributed by atoms with van der Waals surface area (Å²) in [5.74, 6) is 0.0572. The Kier molecular flexibility index (Phi) is 5.40. The van der Waals surface area contributed by atoms with Crippen LogP contribution >= 0.6 is 0 Å². The number of aryl methyl sites for hydroxylation is 1. The van der Waals surface area contributed by atoms with E-state index >= 15 is 0 Å². The molecule has 0 atom stereocenters. The van der Waals surface area contributed by atoms with Crippen LogP contribution in [0.3, 0.4) is 0 Å². The van der Waals surface area contributed by atoms with E-state index in [9.17, 15) is 9.18 Å². The van der Waals surface area contributed by atoms with Gasteiger partial charge in [-0.15, -0.1) is 0 Å². The molecule has 0 spiro atoms. The highest BCUT2D eigenvalue weighted by Crippen LogP contribution is 2.37. The van der Waals surface area contributed by atoms with Crippen molar-refractivity contribution >= 4 is 11.6 Å². The summed E-state index contributed by atoms with van der Waals surface area (Å²) in [7, 11) is 3.11. The maximum absolute atomic E-state index is 14.0. The Morgan fingerprint density at radius 2 is 1.96 bits per heavy atom. The fraction of sp³-hybridized carbons (Fsp3) is 0.200. The number of H-pyrrole nitrogens is 1. The van der Waals surface area contributed by atoms with Gasteiger partial charge in [0.2, 0.25) is 0 Å². The monoisotopic (exact) mass is 369 g/mol. The molecule has 3 rings (SSSR count). The number of aromatic amines is 1. The molecule has 1 aromatic heterocycles. The summed E-state index contributed by atoms with van der Waals surface area (Å²) in [5.41, 5.74) is 2.38. The topological polar surface area (TPSA) is 76.2 Å². The standard InChI is InChI=1S/C20H20FN3O3/c1-4-16-19(22-20(25)13-7-5-6-8-15(13)21)18(24-23-16)14-10-9-12(26-2)11-17(14)27-3/h5-11H,4H2,1-3H3,(H,22,25)(H,23,24). The third-order valence-electron chi connectivity index (χ3n) is 4.22. The van der Waals surface area contributed by atoms with E-state index in [4.69, 9.17) is 9.47 Å². The maximum atomic E-state index is 14.0. The number of carbonyl (C=O) groups excluding carboxylic acids is 1. The second-order valence-corrected chi connectivity index (χ2v) is 5.78. The van der Waals surface area contributed by atoms with Crippen molar-refractivity contribution in [1.82, 2.24) is 10.2 Å². The maximum Gasteiger partial charge on any atom is 0.258 e. The number of amides is 1. The predicted molar refractivity (Wildman–Crippen MR) is 101 cm³/mol. The first-order chi connectivity index (χ1) is 13.1. The number of methoxy groups -OCH3 is 2. The van der Waals surface area contributed by atoms with Crippen molar-refractivity contribution in [3.8, 4) is 22.8 Å². The highest BCUT2D eigenvalue weighted by molar-refractivity contribution is 6.06. The van der Waals surface area contributed by atoms with Gasteiger partial charge in [0.25, 0.3) is 5.91 Å². The van der Waals surface area contributed by atoms with E-state index < -0.39 is 11.7 Å². The largest absolute Gasteiger partial charge is 0.497 e. The van der Waals surface area contributed by atoms with Crippen molar-refractivity contribution in [2.45, 2.75) is 13.3 Å². The summed E-state index contributed by atoms with van der Waals surface area (Å²) in [4.78, 5) is 12.6. The molecule has 0 saturated heterocycles. The van der Waals surface area contributed by atoms with Crippen molar-refractivity contribution in [2.75, 3.05) is 19.5 Å². The van der Waals surface area contributed by atoms with Gasteiger partial charge in [0.05, 0.1) is 31.2 Å². The zero-order valence-corrected chi connectivity index (χ0v) is 15.3. The van der Waals surface area contributed by atoms with Crippen molar-refractivity contribution in [1.29, 1.82) is 0 Å². The number of ether oxygens (including phenoxy) is 2. The molecular weight excluding hydrogens is 349 g/mol. The average Bonchev–Trinajstić information content (AvgIpc) is 3.09. The van der Waals surface area contributed by atoms with Crippen LogP contribution in [-0.4, -0.2) is 30.3 Å². The molecule has 0 aliphatic rings. The molecule has 2 aromatic carbocycles. The fourth-order valence-corrected chi connectivity index (χ4v) is 2.78. The predicted octanol–water partition coefficient (Wildman–Crippen LogP) is 4.05. The van der Waals surface area contributed by atoms with E-state index in [0.717, 1.165) is 5.69 Å². The molecule has 1 heterocycles. The Hall–Kier alpha value is -3.35. The lowest BCUT2D eigenvalue weighted by atomic mass is 10.1. The minimum Gasteiger partial charge on any atom is -0.497 e. The first kappa shape index (κ1) is 18.4. The number of nitrogens with one attached hydrogen (secondary N) is 2. The molecule has 6 nitrogen and oxygen atoms in total. The molecule has 27 heavy (non-hydrogen) atoms. The minimum atomic E-state index is -0.583. The minimum absolute atomic E-state index is 0.0339. The van der Waals surface area contributed by atoms with Crippen LogP contribution in [0.1, 0.15) is 23.0 Å². The van der Waals surface area contributed by atoms with Crippen molar-refractivity contribution in [3.05, 3.63) is 59.5 Å². The second-order valence-electron chi connectivity index (χ2n) is 5.78. The molecule has 0 aliphatic carbocycles. The van der Waals surface area contributed by atoms with E-state index in [0.29, 0.717) is 34.9 Å². The van der Waals surface area contributed by atoms with Gasteiger partial charge in [0, 0.05) is 11.6 Å². The Morgan fingerprint density at radius 3 is 2.63 bits per heavy atom. The normalized spacial score (nSPS) is 10.5. The van der Waals surface area contributed by atoms with Gasteiger partial charge in [0.15, 0.2) is 0 Å². The molecule has 3 aromatic rings. The molecule has 0 saturated carbocycles. The highest BCUT2D eigenvalue weighted by atomic mass is 19.1. The molecule has 2 N–H and O–H groups in total. The Labute approximate surface area is 156 Å². The van der Waals surface area contributed by atoms with Crippen molar-refractivity contribution in [2.24, 2.45) is 0 Å². The summed E-state index contributed by atoms with van der Waals surface area (Å²) >= 11 is 0. The molecular formula is C20H20FN3O3. The number of nitrogens with zero attached hydrogens (tertiary/aromatic N) is 1. The lowest BCUT2D eigenvalue weighted by molar-refractivity contribution is 0.102. The lowest BCUT2D eigenvalue weighted by Crippen LogP contribution is -2.15. The quantitative estimate of drug-likeness (QED) is 0.687. The van der Waals surface area contributed by atoms with Crippen LogP contribution in [0.25, 0.3) is 11.3 Å². The summed E-state index contributed by atoms with van der Waals surface area (Å²) in [5, 5.41) is 10.1. The molecule has 140 valence electrons. The van der Waals surface area contributed by atoms with Gasteiger partial charge in [-0.3, -0.25) is 9.89 Å². The van der Waals surface area contributed by atoms with Gasteiger partial charge in [0.1, 0.15) is 23.0 Å². The molecule has 0 bridgehead atoms. The number of aromatic nitrogens is 2. The third-order valence-corrected chi connectivity index (χ3v) is 4.22. The average molecular weight is 369 g/mol. The summed E-state index contributed by atoms with van der Waals surface area (Å²) < 4.78 is 24.6. The van der Waals surface area contributed by atoms with E-state index in [1.165, 1.54) is 18.2 Å². The summed E-state index contributed by atoms with van der Waals surface area (Å²) in [6.45, 7) is 1.93. The summed E-state index contributed by atoms with van der Waals surface area (Å²) in [6, 6.07) is 11.1. The van der Waals surface area contributed by atoms with Crippen LogP contribution in [0.4, 0.5) is 10.1 Å². The number of anilines is 1. The van der Waals surface area contributed by atoms with Crippen LogP contribution in [0.15, 0.2) is 42.5 Å². The van der Waals surface area contributed by atoms with Crippen molar-refractivity contribution in [3.63, 3.8) is 0 Å². The highest BCUT2D eigenvalue weighted by Gasteiger charge is 2.21. The zero-order valence-electron chi connectivity index (χ0n) is 15.3. The summed E-state index contributed by atoms with van der Waals surface area (Å²) in [6.07, 6.45) is 0.609. The molecule has 1 amide bonds. The molecule has 7 heteroatoms. The Morgan fingerprint density at radius 1 is 1.19 bits per heavy atom.